The van der Waals surface area contributed by atoms with Gasteiger partial charge in [0, 0.05) is 39.0 Å². The first kappa shape index (κ1) is 15.5. The molecule has 116 valence electrons. The third kappa shape index (κ3) is 3.83. The average molecular weight is 292 g/mol. The topological polar surface area (TPSA) is 58.6 Å². The van der Waals surface area contributed by atoms with Crippen molar-refractivity contribution in [3.8, 4) is 5.88 Å². The number of aromatic nitrogens is 2. The van der Waals surface area contributed by atoms with Gasteiger partial charge in [-0.1, -0.05) is 13.8 Å². The molecule has 0 radical (unpaired) electrons. The number of likely N-dealkylation sites (tertiary alicyclic amines) is 1. The molecule has 1 fully saturated rings. The molecule has 21 heavy (non-hydrogen) atoms. The fourth-order valence-electron chi connectivity index (χ4n) is 2.47. The fourth-order valence-corrected chi connectivity index (χ4v) is 2.47. The molecule has 2 rings (SSSR count). The summed E-state index contributed by atoms with van der Waals surface area (Å²) in [4.78, 5) is 24.4. The maximum Gasteiger partial charge on any atom is 0.257 e. The number of anilines is 1. The Balaban J connectivity index is 2.05. The maximum atomic E-state index is 12.1. The molecular formula is C15H24N4O2. The van der Waals surface area contributed by atoms with Gasteiger partial charge in [0.1, 0.15) is 6.10 Å². The number of hydrogen-bond acceptors (Lipinski definition) is 5. The van der Waals surface area contributed by atoms with Crippen molar-refractivity contribution in [3.05, 3.63) is 12.4 Å². The number of amides is 1. The second-order valence-electron chi connectivity index (χ2n) is 5.90. The van der Waals surface area contributed by atoms with Crippen molar-refractivity contribution in [1.29, 1.82) is 0 Å². The van der Waals surface area contributed by atoms with E-state index in [9.17, 15) is 4.79 Å². The monoisotopic (exact) mass is 292 g/mol. The molecule has 1 atom stereocenters. The van der Waals surface area contributed by atoms with Gasteiger partial charge in [-0.15, -0.1) is 0 Å². The van der Waals surface area contributed by atoms with Crippen LogP contribution < -0.4 is 9.64 Å². The van der Waals surface area contributed by atoms with Crippen LogP contribution in [0.5, 0.6) is 5.88 Å². The van der Waals surface area contributed by atoms with Crippen molar-refractivity contribution < 1.29 is 9.53 Å². The number of carbonyl (C=O) groups is 1. The molecule has 1 saturated heterocycles. The summed E-state index contributed by atoms with van der Waals surface area (Å²) in [7, 11) is 3.82. The van der Waals surface area contributed by atoms with Crippen LogP contribution >= 0.6 is 0 Å². The van der Waals surface area contributed by atoms with Crippen LogP contribution in [0, 0.1) is 5.92 Å². The molecule has 0 N–H and O–H groups in total. The van der Waals surface area contributed by atoms with Gasteiger partial charge in [0.25, 0.3) is 5.88 Å². The molecule has 1 aromatic rings. The van der Waals surface area contributed by atoms with Gasteiger partial charge in [0.15, 0.2) is 5.82 Å². The molecule has 1 unspecified atom stereocenters. The Morgan fingerprint density at radius 2 is 2.10 bits per heavy atom. The van der Waals surface area contributed by atoms with E-state index in [2.05, 4.69) is 9.97 Å². The molecule has 1 amide bonds. The van der Waals surface area contributed by atoms with E-state index in [-0.39, 0.29) is 17.9 Å². The van der Waals surface area contributed by atoms with E-state index in [0.29, 0.717) is 18.2 Å². The van der Waals surface area contributed by atoms with Crippen LogP contribution in [0.3, 0.4) is 0 Å². The van der Waals surface area contributed by atoms with Crippen LogP contribution in [0.2, 0.25) is 0 Å². The zero-order valence-corrected chi connectivity index (χ0v) is 13.2. The molecule has 0 saturated carbocycles. The quantitative estimate of drug-likeness (QED) is 0.843. The summed E-state index contributed by atoms with van der Waals surface area (Å²) in [6.07, 6.45) is 5.16. The minimum Gasteiger partial charge on any atom is -0.470 e. The largest absolute Gasteiger partial charge is 0.470 e. The molecule has 0 bridgehead atoms. The lowest BCUT2D eigenvalue weighted by Crippen LogP contribution is -2.46. The molecule has 0 spiro atoms. The first-order valence-corrected chi connectivity index (χ1v) is 7.42. The van der Waals surface area contributed by atoms with Crippen LogP contribution in [0.1, 0.15) is 26.7 Å². The number of hydrogen-bond donors (Lipinski definition) is 0. The Bertz CT molecular complexity index is 490. The highest BCUT2D eigenvalue weighted by Crippen LogP contribution is 2.24. The SMILES string of the molecule is CC(C)C(=O)N1CCCC(Oc2nccnc2N(C)C)C1. The third-order valence-electron chi connectivity index (χ3n) is 3.53. The predicted octanol–water partition coefficient (Wildman–Crippen LogP) is 1.57. The van der Waals surface area contributed by atoms with Crippen molar-refractivity contribution in [2.75, 3.05) is 32.1 Å². The van der Waals surface area contributed by atoms with Gasteiger partial charge in [-0.3, -0.25) is 4.79 Å². The predicted molar refractivity (Wildman–Crippen MR) is 81.4 cm³/mol. The highest BCUT2D eigenvalue weighted by molar-refractivity contribution is 5.78. The zero-order valence-electron chi connectivity index (χ0n) is 13.2. The number of nitrogens with zero attached hydrogens (tertiary/aromatic N) is 4. The standard InChI is InChI=1S/C15H24N4O2/c1-11(2)15(20)19-9-5-6-12(10-19)21-14-13(18(3)4)16-7-8-17-14/h7-8,11-12H,5-6,9-10H2,1-4H3. The summed E-state index contributed by atoms with van der Waals surface area (Å²) in [5, 5.41) is 0. The van der Waals surface area contributed by atoms with Gasteiger partial charge >= 0.3 is 0 Å². The van der Waals surface area contributed by atoms with E-state index in [1.54, 1.807) is 12.4 Å². The maximum absolute atomic E-state index is 12.1. The van der Waals surface area contributed by atoms with Crippen molar-refractivity contribution in [2.45, 2.75) is 32.8 Å². The van der Waals surface area contributed by atoms with Crippen molar-refractivity contribution in [1.82, 2.24) is 14.9 Å². The summed E-state index contributed by atoms with van der Waals surface area (Å²) in [5.74, 6) is 1.46. The minimum absolute atomic E-state index is 0.0168. The van der Waals surface area contributed by atoms with E-state index in [0.717, 1.165) is 19.4 Å². The van der Waals surface area contributed by atoms with Crippen LogP contribution in [0.25, 0.3) is 0 Å². The van der Waals surface area contributed by atoms with Crippen molar-refractivity contribution >= 4 is 11.7 Å². The Kier molecular flexibility index (Phi) is 4.98. The van der Waals surface area contributed by atoms with Crippen LogP contribution in [0.15, 0.2) is 12.4 Å². The molecule has 6 heteroatoms. The first-order valence-electron chi connectivity index (χ1n) is 7.42. The average Bonchev–Trinajstić information content (AvgIpc) is 2.47. The summed E-state index contributed by atoms with van der Waals surface area (Å²) in [6.45, 7) is 5.30. The van der Waals surface area contributed by atoms with E-state index in [1.807, 2.05) is 37.7 Å². The molecule has 0 aromatic carbocycles. The number of rotatable bonds is 4. The molecule has 1 aliphatic rings. The highest BCUT2D eigenvalue weighted by atomic mass is 16.5. The van der Waals surface area contributed by atoms with E-state index >= 15 is 0 Å². The van der Waals surface area contributed by atoms with Crippen molar-refractivity contribution in [2.24, 2.45) is 5.92 Å². The summed E-state index contributed by atoms with van der Waals surface area (Å²) >= 11 is 0. The first-order chi connectivity index (χ1) is 9.99. The van der Waals surface area contributed by atoms with Crippen LogP contribution in [-0.4, -0.2) is 54.1 Å². The molecule has 6 nitrogen and oxygen atoms in total. The van der Waals surface area contributed by atoms with E-state index in [1.165, 1.54) is 0 Å². The molecule has 1 aliphatic heterocycles. The Morgan fingerprint density at radius 1 is 1.38 bits per heavy atom. The Morgan fingerprint density at radius 3 is 2.76 bits per heavy atom. The zero-order chi connectivity index (χ0) is 15.4. The fraction of sp³-hybridized carbons (Fsp3) is 0.667. The lowest BCUT2D eigenvalue weighted by molar-refractivity contribution is -0.137. The number of ether oxygens (including phenoxy) is 1. The van der Waals surface area contributed by atoms with Crippen LogP contribution in [0.4, 0.5) is 5.82 Å². The number of carbonyl (C=O) groups excluding carboxylic acids is 1. The molecular weight excluding hydrogens is 268 g/mol. The Labute approximate surface area is 126 Å². The second-order valence-corrected chi connectivity index (χ2v) is 5.90. The molecule has 2 heterocycles. The Hall–Kier alpha value is -1.85. The van der Waals surface area contributed by atoms with Gasteiger partial charge < -0.3 is 14.5 Å². The third-order valence-corrected chi connectivity index (χ3v) is 3.53. The molecule has 0 aliphatic carbocycles. The summed E-state index contributed by atoms with van der Waals surface area (Å²) < 4.78 is 6.00. The summed E-state index contributed by atoms with van der Waals surface area (Å²) in [6, 6.07) is 0. The summed E-state index contributed by atoms with van der Waals surface area (Å²) in [5.41, 5.74) is 0. The highest BCUT2D eigenvalue weighted by Gasteiger charge is 2.27. The molecule has 1 aromatic heterocycles. The van der Waals surface area contributed by atoms with Gasteiger partial charge in [-0.25, -0.2) is 9.97 Å². The normalized spacial score (nSPS) is 18.7. The van der Waals surface area contributed by atoms with Gasteiger partial charge in [0.2, 0.25) is 5.91 Å². The van der Waals surface area contributed by atoms with Gasteiger partial charge in [-0.05, 0) is 12.8 Å². The number of piperidine rings is 1. The minimum atomic E-state index is -0.0168. The van der Waals surface area contributed by atoms with Crippen molar-refractivity contribution in [3.63, 3.8) is 0 Å². The smallest absolute Gasteiger partial charge is 0.257 e. The van der Waals surface area contributed by atoms with Gasteiger partial charge in [0.05, 0.1) is 6.54 Å². The lowest BCUT2D eigenvalue weighted by atomic mass is 10.1. The second kappa shape index (κ2) is 6.74. The van der Waals surface area contributed by atoms with Crippen LogP contribution in [-0.2, 0) is 4.79 Å². The lowest BCUT2D eigenvalue weighted by Gasteiger charge is -2.34. The van der Waals surface area contributed by atoms with E-state index in [4.69, 9.17) is 4.74 Å². The van der Waals surface area contributed by atoms with E-state index < -0.39 is 0 Å². The van der Waals surface area contributed by atoms with Gasteiger partial charge in [-0.2, -0.15) is 0 Å².